The Kier molecular flexibility index (Phi) is 5.35. The van der Waals surface area contributed by atoms with Crippen LogP contribution in [0.15, 0.2) is 48.5 Å². The first-order valence-corrected chi connectivity index (χ1v) is 6.73. The molecule has 0 bridgehead atoms. The second kappa shape index (κ2) is 7.45. The number of aliphatic hydroxyl groups excluding tert-OH is 1. The maximum atomic E-state index is 12.0. The number of benzene rings is 2. The summed E-state index contributed by atoms with van der Waals surface area (Å²) in [5, 5.41) is 8.85. The largest absolute Gasteiger partial charge is 0.497 e. The number of ketones is 1. The van der Waals surface area contributed by atoms with Gasteiger partial charge in [0.25, 0.3) is 0 Å². The molecule has 2 aromatic carbocycles. The highest BCUT2D eigenvalue weighted by atomic mass is 16.5. The lowest BCUT2D eigenvalue weighted by Gasteiger charge is -2.07. The molecule has 0 heterocycles. The minimum Gasteiger partial charge on any atom is -0.497 e. The van der Waals surface area contributed by atoms with Crippen molar-refractivity contribution in [3.63, 3.8) is 0 Å². The molecule has 0 aliphatic heterocycles. The van der Waals surface area contributed by atoms with Crippen LogP contribution in [0.2, 0.25) is 0 Å². The van der Waals surface area contributed by atoms with E-state index >= 15 is 0 Å². The van der Waals surface area contributed by atoms with Crippen molar-refractivity contribution in [1.29, 1.82) is 0 Å². The molecular formula is C17H18O4. The van der Waals surface area contributed by atoms with Crippen LogP contribution in [0.25, 0.3) is 0 Å². The molecule has 0 spiro atoms. The van der Waals surface area contributed by atoms with Gasteiger partial charge in [0.15, 0.2) is 12.4 Å². The van der Waals surface area contributed by atoms with E-state index in [0.717, 1.165) is 5.56 Å². The molecule has 0 atom stereocenters. The Morgan fingerprint density at radius 2 is 1.86 bits per heavy atom. The maximum Gasteiger partial charge on any atom is 0.200 e. The second-order valence-corrected chi connectivity index (χ2v) is 4.56. The van der Waals surface area contributed by atoms with Gasteiger partial charge in [-0.15, -0.1) is 0 Å². The molecule has 0 saturated heterocycles. The molecule has 1 N–H and O–H groups in total. The molecule has 4 nitrogen and oxygen atoms in total. The van der Waals surface area contributed by atoms with Crippen molar-refractivity contribution in [3.8, 4) is 11.5 Å². The number of hydrogen-bond acceptors (Lipinski definition) is 4. The summed E-state index contributed by atoms with van der Waals surface area (Å²) in [5.41, 5.74) is 1.59. The van der Waals surface area contributed by atoms with Gasteiger partial charge in [-0.2, -0.15) is 0 Å². The molecule has 0 fully saturated rings. The van der Waals surface area contributed by atoms with Crippen molar-refractivity contribution in [2.45, 2.75) is 6.42 Å². The van der Waals surface area contributed by atoms with E-state index in [2.05, 4.69) is 0 Å². The van der Waals surface area contributed by atoms with Crippen LogP contribution < -0.4 is 9.47 Å². The SMILES string of the molecule is COc1cccc(C(=O)COc2ccc(CCO)cc2)c1. The monoisotopic (exact) mass is 286 g/mol. The van der Waals surface area contributed by atoms with Gasteiger partial charge in [0.1, 0.15) is 11.5 Å². The highest BCUT2D eigenvalue weighted by Gasteiger charge is 2.08. The summed E-state index contributed by atoms with van der Waals surface area (Å²) in [6.45, 7) is 0.0983. The molecule has 21 heavy (non-hydrogen) atoms. The zero-order valence-electron chi connectivity index (χ0n) is 11.9. The molecule has 2 rings (SSSR count). The summed E-state index contributed by atoms with van der Waals surface area (Å²) in [4.78, 5) is 12.0. The summed E-state index contributed by atoms with van der Waals surface area (Å²) in [6.07, 6.45) is 0.614. The fourth-order valence-electron chi connectivity index (χ4n) is 1.91. The molecule has 0 unspecified atom stereocenters. The lowest BCUT2D eigenvalue weighted by atomic mass is 10.1. The summed E-state index contributed by atoms with van der Waals surface area (Å²) in [7, 11) is 1.56. The summed E-state index contributed by atoms with van der Waals surface area (Å²) < 4.78 is 10.6. The Morgan fingerprint density at radius 3 is 2.52 bits per heavy atom. The normalized spacial score (nSPS) is 10.2. The topological polar surface area (TPSA) is 55.8 Å². The van der Waals surface area contributed by atoms with Crippen LogP contribution in [0.3, 0.4) is 0 Å². The van der Waals surface area contributed by atoms with Crippen LogP contribution in [-0.2, 0) is 6.42 Å². The lowest BCUT2D eigenvalue weighted by molar-refractivity contribution is 0.0921. The summed E-state index contributed by atoms with van der Waals surface area (Å²) >= 11 is 0. The number of Topliss-reactive ketones (excluding diaryl/α,β-unsaturated/α-hetero) is 1. The molecule has 0 saturated carbocycles. The Morgan fingerprint density at radius 1 is 1.10 bits per heavy atom. The highest BCUT2D eigenvalue weighted by Crippen LogP contribution is 2.15. The quantitative estimate of drug-likeness (QED) is 0.795. The van der Waals surface area contributed by atoms with Crippen molar-refractivity contribution < 1.29 is 19.4 Å². The van der Waals surface area contributed by atoms with Gasteiger partial charge in [-0.3, -0.25) is 4.79 Å². The van der Waals surface area contributed by atoms with Crippen molar-refractivity contribution in [1.82, 2.24) is 0 Å². The van der Waals surface area contributed by atoms with Crippen LogP contribution in [0, 0.1) is 0 Å². The van der Waals surface area contributed by atoms with E-state index < -0.39 is 0 Å². The van der Waals surface area contributed by atoms with Crippen molar-refractivity contribution in [3.05, 3.63) is 59.7 Å². The van der Waals surface area contributed by atoms with Crippen LogP contribution in [0.1, 0.15) is 15.9 Å². The van der Waals surface area contributed by atoms with Crippen LogP contribution >= 0.6 is 0 Å². The smallest absolute Gasteiger partial charge is 0.200 e. The first-order valence-electron chi connectivity index (χ1n) is 6.73. The zero-order valence-corrected chi connectivity index (χ0v) is 11.9. The third-order valence-corrected chi connectivity index (χ3v) is 3.09. The highest BCUT2D eigenvalue weighted by molar-refractivity contribution is 5.97. The number of aliphatic hydroxyl groups is 1. The van der Waals surface area contributed by atoms with E-state index in [0.29, 0.717) is 23.5 Å². The lowest BCUT2D eigenvalue weighted by Crippen LogP contribution is -2.11. The predicted octanol–water partition coefficient (Wildman–Crippen LogP) is 2.49. The predicted molar refractivity (Wildman–Crippen MR) is 80.1 cm³/mol. The van der Waals surface area contributed by atoms with E-state index in [9.17, 15) is 4.79 Å². The summed E-state index contributed by atoms with van der Waals surface area (Å²) in [5.74, 6) is 1.18. The van der Waals surface area contributed by atoms with Crippen molar-refractivity contribution >= 4 is 5.78 Å². The van der Waals surface area contributed by atoms with Gasteiger partial charge in [-0.05, 0) is 36.2 Å². The molecule has 110 valence electrons. The molecule has 2 aromatic rings. The van der Waals surface area contributed by atoms with Crippen molar-refractivity contribution in [2.75, 3.05) is 20.3 Å². The summed E-state index contributed by atoms with van der Waals surface area (Å²) in [6, 6.07) is 14.3. The van der Waals surface area contributed by atoms with Crippen molar-refractivity contribution in [2.24, 2.45) is 0 Å². The van der Waals surface area contributed by atoms with Gasteiger partial charge < -0.3 is 14.6 Å². The molecule has 0 aromatic heterocycles. The number of ether oxygens (including phenoxy) is 2. The Hall–Kier alpha value is -2.33. The van der Waals surface area contributed by atoms with E-state index in [-0.39, 0.29) is 19.0 Å². The number of rotatable bonds is 7. The first kappa shape index (κ1) is 15.1. The Balaban J connectivity index is 1.93. The molecule has 0 radical (unpaired) electrons. The molecule has 0 aliphatic rings. The fourth-order valence-corrected chi connectivity index (χ4v) is 1.91. The molecule has 0 amide bonds. The van der Waals surface area contributed by atoms with Gasteiger partial charge in [-0.1, -0.05) is 24.3 Å². The number of methoxy groups -OCH3 is 1. The van der Waals surface area contributed by atoms with E-state index in [1.807, 2.05) is 12.1 Å². The van der Waals surface area contributed by atoms with Gasteiger partial charge in [0.05, 0.1) is 7.11 Å². The average Bonchev–Trinajstić information content (AvgIpc) is 2.54. The van der Waals surface area contributed by atoms with Gasteiger partial charge in [0, 0.05) is 12.2 Å². The Bertz CT molecular complexity index is 590. The van der Waals surface area contributed by atoms with E-state index in [1.54, 1.807) is 43.5 Å². The fraction of sp³-hybridized carbons (Fsp3) is 0.235. The minimum absolute atomic E-state index is 0.0213. The third-order valence-electron chi connectivity index (χ3n) is 3.09. The number of carbonyl (C=O) groups is 1. The molecular weight excluding hydrogens is 268 g/mol. The average molecular weight is 286 g/mol. The first-order chi connectivity index (χ1) is 10.2. The van der Waals surface area contributed by atoms with Gasteiger partial charge in [0.2, 0.25) is 0 Å². The maximum absolute atomic E-state index is 12.0. The van der Waals surface area contributed by atoms with Crippen LogP contribution in [0.5, 0.6) is 11.5 Å². The molecule has 0 aliphatic carbocycles. The standard InChI is InChI=1S/C17H18O4/c1-20-16-4-2-3-14(11-16)17(19)12-21-15-7-5-13(6-8-15)9-10-18/h2-8,11,18H,9-10,12H2,1H3. The van der Waals surface area contributed by atoms with E-state index in [4.69, 9.17) is 14.6 Å². The number of carbonyl (C=O) groups excluding carboxylic acids is 1. The minimum atomic E-state index is -0.103. The van der Waals surface area contributed by atoms with Crippen LogP contribution in [0.4, 0.5) is 0 Å². The third kappa shape index (κ3) is 4.33. The second-order valence-electron chi connectivity index (χ2n) is 4.56. The van der Waals surface area contributed by atoms with Gasteiger partial charge in [-0.25, -0.2) is 0 Å². The Labute approximate surface area is 123 Å². The van der Waals surface area contributed by atoms with Crippen LogP contribution in [-0.4, -0.2) is 31.2 Å². The number of hydrogen-bond donors (Lipinski definition) is 1. The zero-order chi connectivity index (χ0) is 15.1. The molecule has 4 heteroatoms. The van der Waals surface area contributed by atoms with Gasteiger partial charge >= 0.3 is 0 Å². The van der Waals surface area contributed by atoms with E-state index in [1.165, 1.54) is 0 Å².